The van der Waals surface area contributed by atoms with E-state index >= 15 is 0 Å². The Hall–Kier alpha value is -1.22. The molecule has 5 rings (SSSR count). The predicted octanol–water partition coefficient (Wildman–Crippen LogP) is 5.32. The molecule has 0 radical (unpaired) electrons. The Balaban J connectivity index is 1.49. The third-order valence-electron chi connectivity index (χ3n) is 6.88. The molecule has 0 spiro atoms. The topological polar surface area (TPSA) is 30.5 Å². The second-order valence-corrected chi connectivity index (χ2v) is 10.4. The van der Waals surface area contributed by atoms with Crippen LogP contribution in [0.25, 0.3) is 0 Å². The summed E-state index contributed by atoms with van der Waals surface area (Å²) in [5, 5.41) is 4.01. The third kappa shape index (κ3) is 3.35. The largest absolute Gasteiger partial charge is 0.493 e. The van der Waals surface area contributed by atoms with Gasteiger partial charge in [-0.3, -0.25) is 0 Å². The monoisotopic (exact) mass is 357 g/mol. The second kappa shape index (κ2) is 6.15. The molecule has 0 amide bonds. The van der Waals surface area contributed by atoms with Gasteiger partial charge in [-0.25, -0.2) is 0 Å². The van der Waals surface area contributed by atoms with E-state index in [0.717, 1.165) is 24.0 Å². The van der Waals surface area contributed by atoms with Gasteiger partial charge in [-0.05, 0) is 86.8 Å². The van der Waals surface area contributed by atoms with Crippen molar-refractivity contribution in [1.29, 1.82) is 0 Å². The van der Waals surface area contributed by atoms with Gasteiger partial charge in [-0.2, -0.15) is 0 Å². The van der Waals surface area contributed by atoms with Gasteiger partial charge < -0.3 is 14.8 Å². The van der Waals surface area contributed by atoms with Crippen molar-refractivity contribution in [3.8, 4) is 11.5 Å². The molecule has 4 fully saturated rings. The lowest BCUT2D eigenvalue weighted by atomic mass is 9.43. The first-order valence-electron chi connectivity index (χ1n) is 10.3. The van der Waals surface area contributed by atoms with E-state index in [2.05, 4.69) is 37.4 Å². The third-order valence-corrected chi connectivity index (χ3v) is 6.88. The molecule has 4 atom stereocenters. The van der Waals surface area contributed by atoms with Crippen LogP contribution in [-0.2, 0) is 6.54 Å². The minimum atomic E-state index is 0.154. The van der Waals surface area contributed by atoms with Crippen LogP contribution in [0.15, 0.2) is 18.2 Å². The van der Waals surface area contributed by atoms with E-state index in [1.165, 1.54) is 44.1 Å². The molecule has 4 bridgehead atoms. The van der Waals surface area contributed by atoms with E-state index in [1.807, 2.05) is 13.8 Å². The first kappa shape index (κ1) is 18.2. The summed E-state index contributed by atoms with van der Waals surface area (Å²) < 4.78 is 11.4. The Morgan fingerprint density at radius 1 is 1.04 bits per heavy atom. The van der Waals surface area contributed by atoms with Crippen molar-refractivity contribution in [2.45, 2.75) is 84.4 Å². The molecule has 4 saturated carbocycles. The molecule has 0 heterocycles. The molecule has 4 aliphatic rings. The standard InChI is InChI=1S/C23H35NO2/c1-16(2)26-19-7-6-17(8-20(19)25-5)12-24-23-11-18-9-21(3,14-23)13-22(4,10-18)15-23/h6-8,16,18,24H,9-15H2,1-5H3/t18?,21-,22+,23?. The average Bonchev–Trinajstić information content (AvgIpc) is 2.50. The molecule has 3 nitrogen and oxygen atoms in total. The van der Waals surface area contributed by atoms with Gasteiger partial charge in [0, 0.05) is 12.1 Å². The zero-order chi connectivity index (χ0) is 18.6. The molecule has 26 heavy (non-hydrogen) atoms. The number of nitrogens with one attached hydrogen (secondary N) is 1. The fourth-order valence-electron chi connectivity index (χ4n) is 7.11. The van der Waals surface area contributed by atoms with Gasteiger partial charge in [0.15, 0.2) is 11.5 Å². The van der Waals surface area contributed by atoms with Crippen molar-refractivity contribution < 1.29 is 9.47 Å². The Bertz CT molecular complexity index is 665. The molecule has 3 heteroatoms. The molecule has 4 aliphatic carbocycles. The zero-order valence-electron chi connectivity index (χ0n) is 17.2. The van der Waals surface area contributed by atoms with E-state index in [-0.39, 0.29) is 6.10 Å². The van der Waals surface area contributed by atoms with E-state index < -0.39 is 0 Å². The molecule has 1 aromatic carbocycles. The first-order chi connectivity index (χ1) is 12.2. The van der Waals surface area contributed by atoms with Crippen molar-refractivity contribution in [3.63, 3.8) is 0 Å². The number of methoxy groups -OCH3 is 1. The minimum Gasteiger partial charge on any atom is -0.493 e. The van der Waals surface area contributed by atoms with Gasteiger partial charge in [0.1, 0.15) is 0 Å². The zero-order valence-corrected chi connectivity index (χ0v) is 17.2. The van der Waals surface area contributed by atoms with Crippen molar-refractivity contribution in [2.24, 2.45) is 16.7 Å². The van der Waals surface area contributed by atoms with E-state index in [0.29, 0.717) is 16.4 Å². The van der Waals surface area contributed by atoms with Gasteiger partial charge in [-0.15, -0.1) is 0 Å². The highest BCUT2D eigenvalue weighted by Gasteiger charge is 2.59. The maximum Gasteiger partial charge on any atom is 0.161 e. The number of rotatable bonds is 6. The molecule has 144 valence electrons. The smallest absolute Gasteiger partial charge is 0.161 e. The van der Waals surface area contributed by atoms with E-state index in [1.54, 1.807) is 7.11 Å². The summed E-state index contributed by atoms with van der Waals surface area (Å²) in [6.07, 6.45) is 8.53. The molecule has 1 aromatic rings. The van der Waals surface area contributed by atoms with E-state index in [4.69, 9.17) is 9.47 Å². The van der Waals surface area contributed by atoms with Gasteiger partial charge >= 0.3 is 0 Å². The Labute approximate surface area is 158 Å². The van der Waals surface area contributed by atoms with Gasteiger partial charge in [-0.1, -0.05) is 19.9 Å². The van der Waals surface area contributed by atoms with E-state index in [9.17, 15) is 0 Å². The van der Waals surface area contributed by atoms with Crippen LogP contribution >= 0.6 is 0 Å². The van der Waals surface area contributed by atoms with Crippen molar-refractivity contribution >= 4 is 0 Å². The van der Waals surface area contributed by atoms with Crippen molar-refractivity contribution in [1.82, 2.24) is 5.32 Å². The molecule has 0 aromatic heterocycles. The predicted molar refractivity (Wildman–Crippen MR) is 106 cm³/mol. The lowest BCUT2D eigenvalue weighted by Crippen LogP contribution is -2.63. The number of benzene rings is 1. The molecule has 0 aliphatic heterocycles. The summed E-state index contributed by atoms with van der Waals surface area (Å²) in [5.74, 6) is 2.59. The Kier molecular flexibility index (Phi) is 4.30. The van der Waals surface area contributed by atoms with Crippen LogP contribution in [0, 0.1) is 16.7 Å². The highest BCUT2D eigenvalue weighted by molar-refractivity contribution is 5.43. The summed E-state index contributed by atoms with van der Waals surface area (Å²) in [5.41, 5.74) is 2.72. The summed E-state index contributed by atoms with van der Waals surface area (Å²) in [4.78, 5) is 0. The number of hydrogen-bond donors (Lipinski definition) is 1. The average molecular weight is 358 g/mol. The van der Waals surface area contributed by atoms with Crippen molar-refractivity contribution in [3.05, 3.63) is 23.8 Å². The van der Waals surface area contributed by atoms with Crippen molar-refractivity contribution in [2.75, 3.05) is 7.11 Å². The van der Waals surface area contributed by atoms with Crippen LogP contribution in [0.1, 0.15) is 71.8 Å². The molecule has 0 saturated heterocycles. The summed E-state index contributed by atoms with van der Waals surface area (Å²) in [6.45, 7) is 10.1. The Morgan fingerprint density at radius 3 is 2.31 bits per heavy atom. The van der Waals surface area contributed by atoms with Crippen LogP contribution in [0.2, 0.25) is 0 Å². The lowest BCUT2D eigenvalue weighted by molar-refractivity contribution is -0.118. The highest BCUT2D eigenvalue weighted by Crippen LogP contribution is 2.66. The summed E-state index contributed by atoms with van der Waals surface area (Å²) in [6, 6.07) is 6.37. The van der Waals surface area contributed by atoms with Gasteiger partial charge in [0.2, 0.25) is 0 Å². The Morgan fingerprint density at radius 2 is 1.73 bits per heavy atom. The highest BCUT2D eigenvalue weighted by atomic mass is 16.5. The molecule has 1 N–H and O–H groups in total. The van der Waals surface area contributed by atoms with Gasteiger partial charge in [0.25, 0.3) is 0 Å². The maximum absolute atomic E-state index is 5.85. The fraction of sp³-hybridized carbons (Fsp3) is 0.739. The first-order valence-corrected chi connectivity index (χ1v) is 10.3. The lowest BCUT2D eigenvalue weighted by Gasteiger charge is -2.65. The summed E-state index contributed by atoms with van der Waals surface area (Å²) >= 11 is 0. The number of hydrogen-bond acceptors (Lipinski definition) is 3. The molecular weight excluding hydrogens is 322 g/mol. The van der Waals surface area contributed by atoms with Crippen LogP contribution in [0.4, 0.5) is 0 Å². The van der Waals surface area contributed by atoms with Crippen LogP contribution in [-0.4, -0.2) is 18.8 Å². The van der Waals surface area contributed by atoms with Gasteiger partial charge in [0.05, 0.1) is 13.2 Å². The SMILES string of the molecule is COc1cc(CNC23CC4C[C@@](C)(C2)C[C@](C)(C4)C3)ccc1OC(C)C. The van der Waals surface area contributed by atoms with Crippen LogP contribution in [0.3, 0.4) is 0 Å². The quantitative estimate of drug-likeness (QED) is 0.747. The fourth-order valence-corrected chi connectivity index (χ4v) is 7.11. The number of ether oxygens (including phenoxy) is 2. The normalized spacial score (nSPS) is 38.0. The minimum absolute atomic E-state index is 0.154. The maximum atomic E-state index is 5.85. The second-order valence-electron chi connectivity index (χ2n) is 10.4. The van der Waals surface area contributed by atoms with Crippen LogP contribution in [0.5, 0.6) is 11.5 Å². The molecular formula is C23H35NO2. The molecule has 2 unspecified atom stereocenters. The summed E-state index contributed by atoms with van der Waals surface area (Å²) in [7, 11) is 1.72. The van der Waals surface area contributed by atoms with Crippen LogP contribution < -0.4 is 14.8 Å².